The third-order valence-electron chi connectivity index (χ3n) is 2.38. The maximum atomic E-state index is 11.6. The van der Waals surface area contributed by atoms with E-state index in [2.05, 4.69) is 4.98 Å². The van der Waals surface area contributed by atoms with Crippen molar-refractivity contribution in [3.63, 3.8) is 0 Å². The number of aliphatic hydroxyl groups is 1. The third kappa shape index (κ3) is 1.66. The largest absolute Gasteiger partial charge is 0.394 e. The molecule has 0 aliphatic heterocycles. The lowest BCUT2D eigenvalue weighted by Gasteiger charge is -2.09. The molecule has 80 valence electrons. The van der Waals surface area contributed by atoms with E-state index in [1.165, 1.54) is 4.57 Å². The van der Waals surface area contributed by atoms with E-state index < -0.39 is 0 Å². The van der Waals surface area contributed by atoms with Gasteiger partial charge >= 0.3 is 5.69 Å². The molecule has 0 fully saturated rings. The Kier molecular flexibility index (Phi) is 2.54. The van der Waals surface area contributed by atoms with Crippen molar-refractivity contribution < 1.29 is 5.11 Å². The predicted octanol–water partition coefficient (Wildman–Crippen LogP) is 1.54. The molecule has 5 heteroatoms. The highest BCUT2D eigenvalue weighted by atomic mass is 35.5. The summed E-state index contributed by atoms with van der Waals surface area (Å²) in [5, 5.41) is 9.62. The van der Waals surface area contributed by atoms with E-state index in [1.54, 1.807) is 25.1 Å². The summed E-state index contributed by atoms with van der Waals surface area (Å²) in [7, 11) is 0. The topological polar surface area (TPSA) is 58.0 Å². The fraction of sp³-hybridized carbons (Fsp3) is 0.300. The van der Waals surface area contributed by atoms with Gasteiger partial charge in [-0.05, 0) is 25.1 Å². The molecule has 0 bridgehead atoms. The molecule has 0 amide bonds. The molecule has 0 spiro atoms. The Bertz CT molecular complexity index is 544. The molecule has 0 aliphatic carbocycles. The van der Waals surface area contributed by atoms with Gasteiger partial charge in [-0.15, -0.1) is 0 Å². The summed E-state index contributed by atoms with van der Waals surface area (Å²) in [4.78, 5) is 14.3. The lowest BCUT2D eigenvalue weighted by molar-refractivity contribution is 0.239. The summed E-state index contributed by atoms with van der Waals surface area (Å²) in [5.41, 5.74) is 1.22. The minimum absolute atomic E-state index is 0.0739. The predicted molar refractivity (Wildman–Crippen MR) is 59.4 cm³/mol. The minimum atomic E-state index is -0.243. The zero-order valence-electron chi connectivity index (χ0n) is 8.20. The molecular weight excluding hydrogens is 216 g/mol. The zero-order valence-corrected chi connectivity index (χ0v) is 8.95. The van der Waals surface area contributed by atoms with Crippen LogP contribution in [-0.4, -0.2) is 21.3 Å². The Balaban J connectivity index is 2.74. The monoisotopic (exact) mass is 226 g/mol. The van der Waals surface area contributed by atoms with Gasteiger partial charge in [0.15, 0.2) is 0 Å². The molecule has 0 aliphatic rings. The normalized spacial score (nSPS) is 13.3. The van der Waals surface area contributed by atoms with Crippen LogP contribution >= 0.6 is 11.6 Å². The van der Waals surface area contributed by atoms with Crippen LogP contribution in [0.3, 0.4) is 0 Å². The number of benzene rings is 1. The number of nitrogens with one attached hydrogen (secondary N) is 1. The standard InChI is InChI=1S/C10H11ClN2O2/c1-6(5-14)13-9-3-2-7(11)4-8(9)12-10(13)15/h2-4,6,14H,5H2,1H3,(H,12,15). The number of aromatic nitrogens is 2. The molecule has 4 nitrogen and oxygen atoms in total. The van der Waals surface area contributed by atoms with Gasteiger partial charge < -0.3 is 10.1 Å². The maximum absolute atomic E-state index is 11.6. The number of rotatable bonds is 2. The van der Waals surface area contributed by atoms with Crippen LogP contribution in [0.1, 0.15) is 13.0 Å². The average molecular weight is 227 g/mol. The second-order valence-corrected chi connectivity index (χ2v) is 3.93. The highest BCUT2D eigenvalue weighted by molar-refractivity contribution is 6.31. The summed E-state index contributed by atoms with van der Waals surface area (Å²) in [5.74, 6) is 0. The zero-order chi connectivity index (χ0) is 11.0. The number of imidazole rings is 1. The second-order valence-electron chi connectivity index (χ2n) is 3.49. The summed E-state index contributed by atoms with van der Waals surface area (Å²) < 4.78 is 1.52. The molecule has 0 radical (unpaired) electrons. The molecule has 0 saturated heterocycles. The minimum Gasteiger partial charge on any atom is -0.394 e. The molecular formula is C10H11ClN2O2. The molecule has 1 aromatic carbocycles. The highest BCUT2D eigenvalue weighted by Gasteiger charge is 2.11. The van der Waals surface area contributed by atoms with Crippen molar-refractivity contribution in [3.8, 4) is 0 Å². The summed E-state index contributed by atoms with van der Waals surface area (Å²) in [6.45, 7) is 1.71. The Labute approximate surface area is 91.1 Å². The van der Waals surface area contributed by atoms with Gasteiger partial charge in [-0.2, -0.15) is 0 Å². The number of nitrogens with zero attached hydrogens (tertiary/aromatic N) is 1. The maximum Gasteiger partial charge on any atom is 0.326 e. The van der Waals surface area contributed by atoms with E-state index in [9.17, 15) is 4.79 Å². The van der Waals surface area contributed by atoms with Crippen LogP contribution in [0.25, 0.3) is 11.0 Å². The number of aliphatic hydroxyl groups excluding tert-OH is 1. The lowest BCUT2D eigenvalue weighted by Crippen LogP contribution is -2.22. The van der Waals surface area contributed by atoms with E-state index in [-0.39, 0.29) is 18.3 Å². The van der Waals surface area contributed by atoms with E-state index >= 15 is 0 Å². The third-order valence-corrected chi connectivity index (χ3v) is 2.62. The van der Waals surface area contributed by atoms with Gasteiger partial charge in [0, 0.05) is 5.02 Å². The van der Waals surface area contributed by atoms with Crippen LogP contribution in [0.5, 0.6) is 0 Å². The number of halogens is 1. The summed E-state index contributed by atoms with van der Waals surface area (Å²) in [6.07, 6.45) is 0. The molecule has 1 heterocycles. The lowest BCUT2D eigenvalue weighted by atomic mass is 10.3. The number of hydrogen-bond acceptors (Lipinski definition) is 2. The first-order valence-electron chi connectivity index (χ1n) is 4.64. The van der Waals surface area contributed by atoms with Gasteiger partial charge in [0.05, 0.1) is 23.7 Å². The molecule has 2 aromatic rings. The van der Waals surface area contributed by atoms with E-state index in [1.807, 2.05) is 0 Å². The first-order chi connectivity index (χ1) is 7.13. The van der Waals surface area contributed by atoms with Gasteiger partial charge in [-0.25, -0.2) is 4.79 Å². The van der Waals surface area contributed by atoms with Crippen molar-refractivity contribution >= 4 is 22.6 Å². The Morgan fingerprint density at radius 3 is 3.00 bits per heavy atom. The molecule has 2 rings (SSSR count). The number of H-pyrrole nitrogens is 1. The summed E-state index contributed by atoms with van der Waals surface area (Å²) in [6, 6.07) is 4.94. The molecule has 1 aromatic heterocycles. The van der Waals surface area contributed by atoms with Crippen molar-refractivity contribution in [2.75, 3.05) is 6.61 Å². The smallest absolute Gasteiger partial charge is 0.326 e. The number of hydrogen-bond donors (Lipinski definition) is 2. The van der Waals surface area contributed by atoms with Crippen molar-refractivity contribution in [2.45, 2.75) is 13.0 Å². The fourth-order valence-electron chi connectivity index (χ4n) is 1.62. The van der Waals surface area contributed by atoms with Crippen LogP contribution in [0.2, 0.25) is 5.02 Å². The molecule has 15 heavy (non-hydrogen) atoms. The van der Waals surface area contributed by atoms with Gasteiger partial charge in [-0.3, -0.25) is 4.57 Å². The van der Waals surface area contributed by atoms with Crippen molar-refractivity contribution in [3.05, 3.63) is 33.7 Å². The molecule has 0 saturated carbocycles. The van der Waals surface area contributed by atoms with Crippen LogP contribution in [0.4, 0.5) is 0 Å². The quantitative estimate of drug-likeness (QED) is 0.816. The SMILES string of the molecule is CC(CO)n1c(=O)[nH]c2cc(Cl)ccc21. The van der Waals surface area contributed by atoms with Gasteiger partial charge in [0.25, 0.3) is 0 Å². The first kappa shape index (κ1) is 10.3. The van der Waals surface area contributed by atoms with E-state index in [0.29, 0.717) is 10.5 Å². The Hall–Kier alpha value is -1.26. The highest BCUT2D eigenvalue weighted by Crippen LogP contribution is 2.18. The Morgan fingerprint density at radius 1 is 1.60 bits per heavy atom. The number of fused-ring (bicyclic) bond motifs is 1. The van der Waals surface area contributed by atoms with E-state index in [0.717, 1.165) is 5.52 Å². The van der Waals surface area contributed by atoms with Gasteiger partial charge in [0.1, 0.15) is 0 Å². The fourth-order valence-corrected chi connectivity index (χ4v) is 1.79. The number of aromatic amines is 1. The second kappa shape index (κ2) is 3.72. The first-order valence-corrected chi connectivity index (χ1v) is 5.02. The summed E-state index contributed by atoms with van der Waals surface area (Å²) >= 11 is 5.81. The van der Waals surface area contributed by atoms with Crippen LogP contribution in [-0.2, 0) is 0 Å². The molecule has 1 unspecified atom stereocenters. The van der Waals surface area contributed by atoms with Crippen LogP contribution in [0, 0.1) is 0 Å². The average Bonchev–Trinajstić information content (AvgIpc) is 2.52. The van der Waals surface area contributed by atoms with Crippen molar-refractivity contribution in [1.29, 1.82) is 0 Å². The van der Waals surface area contributed by atoms with Crippen molar-refractivity contribution in [2.24, 2.45) is 0 Å². The van der Waals surface area contributed by atoms with Gasteiger partial charge in [-0.1, -0.05) is 11.6 Å². The van der Waals surface area contributed by atoms with Gasteiger partial charge in [0.2, 0.25) is 0 Å². The van der Waals surface area contributed by atoms with Crippen LogP contribution in [0.15, 0.2) is 23.0 Å². The van der Waals surface area contributed by atoms with E-state index in [4.69, 9.17) is 16.7 Å². The van der Waals surface area contributed by atoms with Crippen molar-refractivity contribution in [1.82, 2.24) is 9.55 Å². The Morgan fingerprint density at radius 2 is 2.33 bits per heavy atom. The molecule has 2 N–H and O–H groups in total. The molecule has 1 atom stereocenters. The van der Waals surface area contributed by atoms with Crippen LogP contribution < -0.4 is 5.69 Å².